The van der Waals surface area contributed by atoms with Crippen LogP contribution in [0.4, 0.5) is 13.2 Å². The first-order chi connectivity index (χ1) is 13.0. The van der Waals surface area contributed by atoms with E-state index >= 15 is 0 Å². The first kappa shape index (κ1) is 16.8. The molecule has 0 aliphatic rings. The third-order valence-electron chi connectivity index (χ3n) is 3.72. The van der Waals surface area contributed by atoms with Crippen molar-refractivity contribution < 1.29 is 13.2 Å². The lowest BCUT2D eigenvalue weighted by atomic mass is 10.1. The van der Waals surface area contributed by atoms with Crippen molar-refractivity contribution in [2.45, 2.75) is 12.7 Å². The van der Waals surface area contributed by atoms with Crippen molar-refractivity contribution in [1.82, 2.24) is 40.4 Å². The fraction of sp³-hybridized carbons (Fsp3) is 0.125. The Bertz CT molecular complexity index is 1050. The number of para-hydroxylation sites is 1. The summed E-state index contributed by atoms with van der Waals surface area (Å²) in [6.45, 7) is 0.105. The lowest BCUT2D eigenvalue weighted by Gasteiger charge is -2.06. The van der Waals surface area contributed by atoms with Crippen molar-refractivity contribution in [3.8, 4) is 17.1 Å². The Balaban J connectivity index is 1.59. The maximum atomic E-state index is 12.9. The van der Waals surface area contributed by atoms with Gasteiger partial charge in [0.15, 0.2) is 5.82 Å². The minimum atomic E-state index is -4.44. The molecular weight excluding hydrogens is 361 g/mol. The van der Waals surface area contributed by atoms with Gasteiger partial charge in [0.05, 0.1) is 11.3 Å². The van der Waals surface area contributed by atoms with Gasteiger partial charge in [0, 0.05) is 5.56 Å². The number of alkyl halides is 3. The number of nitrogens with zero attached hydrogens (tertiary/aromatic N) is 8. The summed E-state index contributed by atoms with van der Waals surface area (Å²) in [5.41, 5.74) is 0.207. The second-order valence-corrected chi connectivity index (χ2v) is 5.56. The minimum absolute atomic E-state index is 0.0832. The summed E-state index contributed by atoms with van der Waals surface area (Å²) < 4.78 is 40.1. The van der Waals surface area contributed by atoms with Gasteiger partial charge in [-0.15, -0.1) is 15.3 Å². The minimum Gasteiger partial charge on any atom is -0.195 e. The normalized spacial score (nSPS) is 11.7. The molecule has 0 unspecified atom stereocenters. The van der Waals surface area contributed by atoms with E-state index < -0.39 is 11.7 Å². The summed E-state index contributed by atoms with van der Waals surface area (Å²) >= 11 is 0. The van der Waals surface area contributed by atoms with Crippen LogP contribution in [0.25, 0.3) is 17.1 Å². The van der Waals surface area contributed by atoms with Crippen LogP contribution >= 0.6 is 0 Å². The van der Waals surface area contributed by atoms with Gasteiger partial charge in [-0.05, 0) is 39.9 Å². The molecule has 0 fully saturated rings. The summed E-state index contributed by atoms with van der Waals surface area (Å²) in [5, 5.41) is 23.4. The van der Waals surface area contributed by atoms with Gasteiger partial charge in [-0.25, -0.2) is 0 Å². The van der Waals surface area contributed by atoms with Crippen LogP contribution in [0.2, 0.25) is 0 Å². The van der Waals surface area contributed by atoms with E-state index in [0.29, 0.717) is 5.82 Å². The van der Waals surface area contributed by atoms with Crippen molar-refractivity contribution >= 4 is 0 Å². The maximum absolute atomic E-state index is 12.9. The van der Waals surface area contributed by atoms with Crippen LogP contribution in [-0.2, 0) is 12.7 Å². The van der Waals surface area contributed by atoms with Gasteiger partial charge < -0.3 is 0 Å². The van der Waals surface area contributed by atoms with Crippen LogP contribution in [-0.4, -0.2) is 40.4 Å². The fourth-order valence-electron chi connectivity index (χ4n) is 2.46. The molecule has 2 heterocycles. The monoisotopic (exact) mass is 372 g/mol. The molecule has 0 saturated heterocycles. The van der Waals surface area contributed by atoms with Gasteiger partial charge in [0.25, 0.3) is 0 Å². The van der Waals surface area contributed by atoms with E-state index in [1.54, 1.807) is 0 Å². The average molecular weight is 372 g/mol. The molecule has 0 N–H and O–H groups in total. The SMILES string of the molecule is FC(F)(F)c1cccc(-c2nnn(Cc3nnnn3-c3ccccc3)n2)c1. The molecule has 4 aromatic rings. The van der Waals surface area contributed by atoms with Gasteiger partial charge in [0.2, 0.25) is 5.82 Å². The van der Waals surface area contributed by atoms with Crippen LogP contribution in [0.1, 0.15) is 11.4 Å². The Morgan fingerprint density at radius 2 is 1.70 bits per heavy atom. The van der Waals surface area contributed by atoms with E-state index in [0.717, 1.165) is 17.8 Å². The molecule has 136 valence electrons. The molecule has 0 saturated carbocycles. The number of benzene rings is 2. The van der Waals surface area contributed by atoms with Gasteiger partial charge in [-0.1, -0.05) is 30.3 Å². The summed E-state index contributed by atoms with van der Waals surface area (Å²) in [6.07, 6.45) is -4.44. The Hall–Kier alpha value is -3.63. The van der Waals surface area contributed by atoms with Gasteiger partial charge in [-0.3, -0.25) is 0 Å². The first-order valence-electron chi connectivity index (χ1n) is 7.79. The molecule has 2 aromatic carbocycles. The summed E-state index contributed by atoms with van der Waals surface area (Å²) in [6, 6.07) is 14.0. The third kappa shape index (κ3) is 3.52. The highest BCUT2D eigenvalue weighted by atomic mass is 19.4. The number of tetrazole rings is 2. The standard InChI is InChI=1S/C16H11F3N8/c17-16(18,19)12-6-4-5-11(9-12)15-21-24-26(22-15)10-14-20-23-25-27(14)13-7-2-1-3-8-13/h1-9H,10H2. The number of halogens is 3. The van der Waals surface area contributed by atoms with Crippen LogP contribution in [0.5, 0.6) is 0 Å². The van der Waals surface area contributed by atoms with Gasteiger partial charge in [0.1, 0.15) is 6.54 Å². The fourth-order valence-corrected chi connectivity index (χ4v) is 2.46. The zero-order valence-corrected chi connectivity index (χ0v) is 13.6. The predicted molar refractivity (Wildman–Crippen MR) is 86.5 cm³/mol. The number of hydrogen-bond acceptors (Lipinski definition) is 6. The van der Waals surface area contributed by atoms with E-state index in [4.69, 9.17) is 0 Å². The predicted octanol–water partition coefficient (Wildman–Crippen LogP) is 2.38. The summed E-state index contributed by atoms with van der Waals surface area (Å²) in [5.74, 6) is 0.536. The molecule has 0 aliphatic heterocycles. The quantitative estimate of drug-likeness (QED) is 0.547. The first-order valence-corrected chi connectivity index (χ1v) is 7.79. The van der Waals surface area contributed by atoms with Crippen molar-refractivity contribution in [3.63, 3.8) is 0 Å². The molecule has 0 radical (unpaired) electrons. The zero-order valence-electron chi connectivity index (χ0n) is 13.6. The van der Waals surface area contributed by atoms with Crippen molar-refractivity contribution in [2.75, 3.05) is 0 Å². The molecule has 8 nitrogen and oxygen atoms in total. The lowest BCUT2D eigenvalue weighted by molar-refractivity contribution is -0.137. The largest absolute Gasteiger partial charge is 0.416 e. The maximum Gasteiger partial charge on any atom is 0.416 e. The van der Waals surface area contributed by atoms with Gasteiger partial charge >= 0.3 is 6.18 Å². The smallest absolute Gasteiger partial charge is 0.195 e. The second kappa shape index (κ2) is 6.59. The van der Waals surface area contributed by atoms with E-state index in [1.165, 1.54) is 21.6 Å². The highest BCUT2D eigenvalue weighted by Crippen LogP contribution is 2.31. The molecule has 0 atom stereocenters. The molecule has 0 bridgehead atoms. The molecule has 0 spiro atoms. The van der Waals surface area contributed by atoms with E-state index in [-0.39, 0.29) is 17.9 Å². The Kier molecular flexibility index (Phi) is 4.11. The second-order valence-electron chi connectivity index (χ2n) is 5.56. The molecule has 4 rings (SSSR count). The third-order valence-corrected chi connectivity index (χ3v) is 3.72. The van der Waals surface area contributed by atoms with E-state index in [2.05, 4.69) is 30.9 Å². The Labute approximate surface area is 150 Å². The molecule has 11 heteroatoms. The summed E-state index contributed by atoms with van der Waals surface area (Å²) in [7, 11) is 0. The van der Waals surface area contributed by atoms with Crippen molar-refractivity contribution in [1.29, 1.82) is 0 Å². The number of aromatic nitrogens is 8. The van der Waals surface area contributed by atoms with Crippen LogP contribution < -0.4 is 0 Å². The van der Waals surface area contributed by atoms with E-state index in [9.17, 15) is 13.2 Å². The average Bonchev–Trinajstić information content (AvgIpc) is 3.32. The Morgan fingerprint density at radius 3 is 2.48 bits per heavy atom. The molecule has 0 amide bonds. The molecule has 27 heavy (non-hydrogen) atoms. The van der Waals surface area contributed by atoms with Crippen LogP contribution in [0.3, 0.4) is 0 Å². The van der Waals surface area contributed by atoms with Crippen molar-refractivity contribution in [2.24, 2.45) is 0 Å². The number of hydrogen-bond donors (Lipinski definition) is 0. The van der Waals surface area contributed by atoms with Crippen LogP contribution in [0.15, 0.2) is 54.6 Å². The molecule has 0 aliphatic carbocycles. The topological polar surface area (TPSA) is 87.2 Å². The molecular formula is C16H11F3N8. The van der Waals surface area contributed by atoms with Gasteiger partial charge in [-0.2, -0.15) is 22.6 Å². The van der Waals surface area contributed by atoms with E-state index in [1.807, 2.05) is 30.3 Å². The number of rotatable bonds is 4. The van der Waals surface area contributed by atoms with Crippen molar-refractivity contribution in [3.05, 3.63) is 66.0 Å². The lowest BCUT2D eigenvalue weighted by Crippen LogP contribution is -2.11. The van der Waals surface area contributed by atoms with Crippen LogP contribution in [0, 0.1) is 0 Å². The summed E-state index contributed by atoms with van der Waals surface area (Å²) in [4.78, 5) is 1.22. The highest BCUT2D eigenvalue weighted by Gasteiger charge is 2.30. The highest BCUT2D eigenvalue weighted by molar-refractivity contribution is 5.55. The Morgan fingerprint density at radius 1 is 0.889 bits per heavy atom. The molecule has 2 aromatic heterocycles. The zero-order chi connectivity index (χ0) is 18.9.